The topological polar surface area (TPSA) is 206 Å². The standard InChI is InChI=1S/C24H37FN3O13P/c1-14(2)39-22(31)34-10-5-11-36-42(33,38-13-35-23(32)40-15(3)4)37-12-24(16-6-7-16)19(29)18(25)20(41-24)28-9-8-17(26)27-21(28)30/h8-9,14-16,18-20,29H,5-7,10-13H2,1-4H3,(H2,26,27,30)/t18-,19+,20-,24+,42?/m1/s1. The van der Waals surface area contributed by atoms with Crippen LogP contribution in [-0.4, -0.2) is 83.7 Å². The van der Waals surface area contributed by atoms with Crippen LogP contribution < -0.4 is 11.4 Å². The number of aromatic nitrogens is 2. The number of anilines is 1. The van der Waals surface area contributed by atoms with Crippen molar-refractivity contribution in [3.63, 3.8) is 0 Å². The van der Waals surface area contributed by atoms with Gasteiger partial charge in [-0.15, -0.1) is 0 Å². The Kier molecular flexibility index (Phi) is 11.7. The maximum Gasteiger partial charge on any atom is 0.510 e. The van der Waals surface area contributed by atoms with Gasteiger partial charge in [0.25, 0.3) is 0 Å². The number of aliphatic hydroxyl groups excluding tert-OH is 1. The summed E-state index contributed by atoms with van der Waals surface area (Å²) in [5, 5.41) is 10.9. The summed E-state index contributed by atoms with van der Waals surface area (Å²) in [5.41, 5.74) is 2.87. The van der Waals surface area contributed by atoms with Crippen molar-refractivity contribution in [2.24, 2.45) is 5.92 Å². The van der Waals surface area contributed by atoms with Gasteiger partial charge in [-0.2, -0.15) is 4.98 Å². The van der Waals surface area contributed by atoms with Gasteiger partial charge in [-0.3, -0.25) is 13.6 Å². The molecule has 5 atom stereocenters. The molecule has 0 radical (unpaired) electrons. The van der Waals surface area contributed by atoms with Crippen LogP contribution in [-0.2, 0) is 41.8 Å². The fourth-order valence-corrected chi connectivity index (χ4v) is 5.15. The van der Waals surface area contributed by atoms with Gasteiger partial charge in [0.1, 0.15) is 17.5 Å². The molecule has 1 aliphatic carbocycles. The molecule has 2 heterocycles. The summed E-state index contributed by atoms with van der Waals surface area (Å²) in [6.07, 6.45) is -6.10. The summed E-state index contributed by atoms with van der Waals surface area (Å²) in [6, 6.07) is 1.27. The molecule has 1 saturated carbocycles. The Labute approximate surface area is 241 Å². The Hall–Kier alpha value is -2.82. The lowest BCUT2D eigenvalue weighted by Gasteiger charge is -2.32. The molecule has 1 saturated heterocycles. The Morgan fingerprint density at radius 2 is 1.79 bits per heavy atom. The zero-order chi connectivity index (χ0) is 31.1. The molecule has 3 N–H and O–H groups in total. The van der Waals surface area contributed by atoms with Crippen LogP contribution in [0.3, 0.4) is 0 Å². The number of nitrogens with two attached hydrogens (primary N) is 1. The first-order valence-electron chi connectivity index (χ1n) is 13.3. The predicted octanol–water partition coefficient (Wildman–Crippen LogP) is 2.83. The Morgan fingerprint density at radius 1 is 1.14 bits per heavy atom. The van der Waals surface area contributed by atoms with Gasteiger partial charge in [0.05, 0.1) is 32.0 Å². The van der Waals surface area contributed by atoms with E-state index in [0.717, 1.165) is 4.57 Å². The molecule has 2 aliphatic rings. The molecule has 18 heteroatoms. The minimum Gasteiger partial charge on any atom is -0.434 e. The van der Waals surface area contributed by atoms with E-state index in [1.807, 2.05) is 0 Å². The number of phosphoric acid groups is 1. The molecular formula is C24H37FN3O13P. The van der Waals surface area contributed by atoms with E-state index in [-0.39, 0.29) is 31.6 Å². The largest absolute Gasteiger partial charge is 0.510 e. The highest BCUT2D eigenvalue weighted by molar-refractivity contribution is 7.48. The SMILES string of the molecule is CC(C)OC(=O)OCCCOP(=O)(OCOC(=O)OC(C)C)OC[C@@]1(C2CC2)O[C@@H](n2ccc(N)nc2=O)[C@H](F)[C@@H]1O. The van der Waals surface area contributed by atoms with Crippen molar-refractivity contribution in [2.75, 3.05) is 32.3 Å². The van der Waals surface area contributed by atoms with Crippen LogP contribution in [0.5, 0.6) is 0 Å². The average molecular weight is 626 g/mol. The number of carbonyl (C=O) groups is 2. The number of hydrogen-bond donors (Lipinski definition) is 2. The van der Waals surface area contributed by atoms with Crippen LogP contribution in [0, 0.1) is 5.92 Å². The molecule has 1 aromatic rings. The van der Waals surface area contributed by atoms with Crippen LogP contribution in [0.25, 0.3) is 0 Å². The highest BCUT2D eigenvalue weighted by atomic mass is 31.2. The zero-order valence-electron chi connectivity index (χ0n) is 23.7. The first-order valence-corrected chi connectivity index (χ1v) is 14.8. The highest BCUT2D eigenvalue weighted by Crippen LogP contribution is 2.56. The molecule has 0 aromatic carbocycles. The molecule has 0 bridgehead atoms. The van der Waals surface area contributed by atoms with Crippen LogP contribution in [0.4, 0.5) is 19.8 Å². The van der Waals surface area contributed by atoms with Gasteiger partial charge < -0.3 is 34.5 Å². The molecular weight excluding hydrogens is 588 g/mol. The molecule has 1 unspecified atom stereocenters. The number of nitrogens with zero attached hydrogens (tertiary/aromatic N) is 2. The van der Waals surface area contributed by atoms with Crippen molar-refractivity contribution in [3.05, 3.63) is 22.7 Å². The number of halogens is 1. The number of ether oxygens (including phenoxy) is 5. The van der Waals surface area contributed by atoms with Crippen molar-refractivity contribution in [2.45, 2.75) is 83.3 Å². The fraction of sp³-hybridized carbons (Fsp3) is 0.750. The lowest BCUT2D eigenvalue weighted by atomic mass is 9.91. The molecule has 238 valence electrons. The third-order valence-electron chi connectivity index (χ3n) is 6.07. The minimum absolute atomic E-state index is 0.0364. The number of hydrogen-bond acceptors (Lipinski definition) is 15. The zero-order valence-corrected chi connectivity index (χ0v) is 24.6. The highest BCUT2D eigenvalue weighted by Gasteiger charge is 2.63. The van der Waals surface area contributed by atoms with E-state index >= 15 is 4.39 Å². The van der Waals surface area contributed by atoms with Gasteiger partial charge in [0.2, 0.25) is 6.79 Å². The third-order valence-corrected chi connectivity index (χ3v) is 7.43. The number of rotatable bonds is 15. The van der Waals surface area contributed by atoms with E-state index in [4.69, 9.17) is 43.0 Å². The number of nitrogen functional groups attached to an aromatic ring is 1. The van der Waals surface area contributed by atoms with Gasteiger partial charge in [0.15, 0.2) is 12.4 Å². The van der Waals surface area contributed by atoms with E-state index < -0.39 is 75.3 Å². The first-order chi connectivity index (χ1) is 19.8. The lowest BCUT2D eigenvalue weighted by Crippen LogP contribution is -2.48. The van der Waals surface area contributed by atoms with E-state index in [2.05, 4.69) is 4.98 Å². The number of aliphatic hydroxyl groups is 1. The molecule has 0 spiro atoms. The molecule has 3 rings (SSSR count). The molecule has 42 heavy (non-hydrogen) atoms. The maximum absolute atomic E-state index is 15.4. The Morgan fingerprint density at radius 3 is 2.38 bits per heavy atom. The minimum atomic E-state index is -4.57. The summed E-state index contributed by atoms with van der Waals surface area (Å²) < 4.78 is 70.8. The van der Waals surface area contributed by atoms with Crippen LogP contribution in [0.2, 0.25) is 0 Å². The van der Waals surface area contributed by atoms with Crippen LogP contribution >= 0.6 is 7.82 Å². The summed E-state index contributed by atoms with van der Waals surface area (Å²) >= 11 is 0. The van der Waals surface area contributed by atoms with Crippen molar-refractivity contribution in [3.8, 4) is 0 Å². The van der Waals surface area contributed by atoms with Crippen LogP contribution in [0.1, 0.15) is 53.2 Å². The average Bonchev–Trinajstić information content (AvgIpc) is 3.70. The van der Waals surface area contributed by atoms with Gasteiger partial charge >= 0.3 is 25.8 Å². The van der Waals surface area contributed by atoms with Gasteiger partial charge in [-0.05, 0) is 52.5 Å². The van der Waals surface area contributed by atoms with E-state index in [9.17, 15) is 24.1 Å². The van der Waals surface area contributed by atoms with Crippen molar-refractivity contribution >= 4 is 26.0 Å². The fourth-order valence-electron chi connectivity index (χ4n) is 4.04. The summed E-state index contributed by atoms with van der Waals surface area (Å²) in [5.74, 6) is -0.502. The first kappa shape index (κ1) is 33.7. The number of phosphoric ester groups is 1. The van der Waals surface area contributed by atoms with Gasteiger partial charge in [-0.1, -0.05) is 0 Å². The second-order valence-electron chi connectivity index (χ2n) is 10.1. The third kappa shape index (κ3) is 9.09. The maximum atomic E-state index is 15.4. The molecule has 0 amide bonds. The Balaban J connectivity index is 1.69. The summed E-state index contributed by atoms with van der Waals surface area (Å²) in [6.45, 7) is 4.40. The summed E-state index contributed by atoms with van der Waals surface area (Å²) in [7, 11) is -4.57. The number of alkyl halides is 1. The smallest absolute Gasteiger partial charge is 0.434 e. The normalized spacial score (nSPS) is 25.3. The Bertz CT molecular complexity index is 1180. The van der Waals surface area contributed by atoms with Crippen LogP contribution in [0.15, 0.2) is 17.1 Å². The molecule has 2 fully saturated rings. The quantitative estimate of drug-likeness (QED) is 0.124. The van der Waals surface area contributed by atoms with Crippen molar-refractivity contribution < 1.29 is 60.9 Å². The molecule has 1 aliphatic heterocycles. The molecule has 1 aromatic heterocycles. The monoisotopic (exact) mass is 625 g/mol. The molecule has 16 nitrogen and oxygen atoms in total. The van der Waals surface area contributed by atoms with E-state index in [0.29, 0.717) is 12.8 Å². The van der Waals surface area contributed by atoms with E-state index in [1.54, 1.807) is 27.7 Å². The lowest BCUT2D eigenvalue weighted by molar-refractivity contribution is -0.142. The predicted molar refractivity (Wildman–Crippen MR) is 140 cm³/mol. The van der Waals surface area contributed by atoms with Crippen molar-refractivity contribution in [1.82, 2.24) is 9.55 Å². The summed E-state index contributed by atoms with van der Waals surface area (Å²) in [4.78, 5) is 39.1. The second-order valence-corrected chi connectivity index (χ2v) is 11.8. The van der Waals surface area contributed by atoms with Gasteiger partial charge in [-0.25, -0.2) is 27.9 Å². The number of carbonyl (C=O) groups excluding carboxylic acids is 2. The van der Waals surface area contributed by atoms with E-state index in [1.165, 1.54) is 12.3 Å². The second kappa shape index (κ2) is 14.6. The van der Waals surface area contributed by atoms with Gasteiger partial charge in [0, 0.05) is 12.6 Å². The van der Waals surface area contributed by atoms with Crippen molar-refractivity contribution in [1.29, 1.82) is 0 Å².